The fourth-order valence-corrected chi connectivity index (χ4v) is 2.92. The van der Waals surface area contributed by atoms with Crippen LogP contribution < -0.4 is 10.2 Å². The maximum absolute atomic E-state index is 12.4. The molecule has 0 spiro atoms. The van der Waals surface area contributed by atoms with Gasteiger partial charge in [-0.3, -0.25) is 9.59 Å². The summed E-state index contributed by atoms with van der Waals surface area (Å²) >= 11 is 5.88. The Hall–Kier alpha value is -2.33. The van der Waals surface area contributed by atoms with Crippen molar-refractivity contribution < 1.29 is 9.59 Å². The average molecular weight is 343 g/mol. The van der Waals surface area contributed by atoms with Gasteiger partial charge in [-0.15, -0.1) is 0 Å². The molecular formula is C19H19ClN2O2. The van der Waals surface area contributed by atoms with E-state index in [1.54, 1.807) is 29.2 Å². The third-order valence-electron chi connectivity index (χ3n) is 4.22. The van der Waals surface area contributed by atoms with Crippen molar-refractivity contribution in [2.24, 2.45) is 5.92 Å². The molecule has 1 heterocycles. The van der Waals surface area contributed by atoms with E-state index in [1.165, 1.54) is 5.56 Å². The number of carbonyl (C=O) groups is 2. The van der Waals surface area contributed by atoms with Crippen molar-refractivity contribution in [3.63, 3.8) is 0 Å². The molecule has 2 aromatic rings. The van der Waals surface area contributed by atoms with Gasteiger partial charge in [-0.05, 0) is 36.8 Å². The first-order valence-corrected chi connectivity index (χ1v) is 8.30. The van der Waals surface area contributed by atoms with Crippen molar-refractivity contribution in [3.8, 4) is 0 Å². The standard InChI is InChI=1S/C19H19ClN2O2/c1-13-2-4-14(5-3-13)11-21-19(24)15-10-18(23)22(12-15)17-8-6-16(20)7-9-17/h2-9,15H,10-12H2,1H3,(H,21,24)/t15-/m0/s1. The first kappa shape index (κ1) is 16.5. The van der Waals surface area contributed by atoms with Crippen LogP contribution >= 0.6 is 11.6 Å². The minimum atomic E-state index is -0.321. The van der Waals surface area contributed by atoms with E-state index in [0.717, 1.165) is 11.3 Å². The number of rotatable bonds is 4. The molecule has 0 bridgehead atoms. The van der Waals surface area contributed by atoms with Crippen molar-refractivity contribution in [3.05, 3.63) is 64.7 Å². The van der Waals surface area contributed by atoms with E-state index in [4.69, 9.17) is 11.6 Å². The van der Waals surface area contributed by atoms with Crippen molar-refractivity contribution in [1.82, 2.24) is 5.32 Å². The van der Waals surface area contributed by atoms with Crippen LogP contribution in [0.25, 0.3) is 0 Å². The molecule has 0 unspecified atom stereocenters. The number of benzene rings is 2. The lowest BCUT2D eigenvalue weighted by atomic mass is 10.1. The zero-order valence-electron chi connectivity index (χ0n) is 13.5. The SMILES string of the molecule is Cc1ccc(CNC(=O)[C@H]2CC(=O)N(c3ccc(Cl)cc3)C2)cc1. The molecule has 0 aromatic heterocycles. The van der Waals surface area contributed by atoms with Crippen LogP contribution in [0.2, 0.25) is 5.02 Å². The van der Waals surface area contributed by atoms with Crippen LogP contribution in [-0.2, 0) is 16.1 Å². The summed E-state index contributed by atoms with van der Waals surface area (Å²) in [5, 5.41) is 3.55. The Kier molecular flexibility index (Phi) is 4.86. The first-order valence-electron chi connectivity index (χ1n) is 7.92. The fourth-order valence-electron chi connectivity index (χ4n) is 2.79. The fraction of sp³-hybridized carbons (Fsp3) is 0.263. The van der Waals surface area contributed by atoms with Crippen LogP contribution in [0, 0.1) is 12.8 Å². The molecule has 5 heteroatoms. The topological polar surface area (TPSA) is 49.4 Å². The molecule has 0 radical (unpaired) electrons. The second kappa shape index (κ2) is 7.05. The van der Waals surface area contributed by atoms with Gasteiger partial charge in [0.15, 0.2) is 0 Å². The van der Waals surface area contributed by atoms with E-state index in [-0.39, 0.29) is 24.2 Å². The van der Waals surface area contributed by atoms with E-state index in [0.29, 0.717) is 18.1 Å². The number of halogens is 1. The monoisotopic (exact) mass is 342 g/mol. The summed E-state index contributed by atoms with van der Waals surface area (Å²) < 4.78 is 0. The molecule has 0 aliphatic carbocycles. The molecule has 2 amide bonds. The van der Waals surface area contributed by atoms with Gasteiger partial charge in [0.1, 0.15) is 0 Å². The van der Waals surface area contributed by atoms with E-state index < -0.39 is 0 Å². The average Bonchev–Trinajstić information content (AvgIpc) is 2.97. The molecule has 1 aliphatic rings. The third-order valence-corrected chi connectivity index (χ3v) is 4.47. The van der Waals surface area contributed by atoms with Crippen LogP contribution in [0.15, 0.2) is 48.5 Å². The lowest BCUT2D eigenvalue weighted by Crippen LogP contribution is -2.32. The molecule has 1 saturated heterocycles. The Labute approximate surface area is 146 Å². The van der Waals surface area contributed by atoms with Gasteiger partial charge in [0, 0.05) is 30.2 Å². The predicted octanol–water partition coefficient (Wildman–Crippen LogP) is 3.32. The van der Waals surface area contributed by atoms with Crippen molar-refractivity contribution in [2.45, 2.75) is 19.9 Å². The van der Waals surface area contributed by atoms with Crippen molar-refractivity contribution >= 4 is 29.1 Å². The Balaban J connectivity index is 1.59. The van der Waals surface area contributed by atoms with E-state index in [9.17, 15) is 9.59 Å². The number of hydrogen-bond donors (Lipinski definition) is 1. The third kappa shape index (κ3) is 3.77. The maximum atomic E-state index is 12.4. The smallest absolute Gasteiger partial charge is 0.227 e. The molecule has 3 rings (SSSR count). The zero-order valence-corrected chi connectivity index (χ0v) is 14.2. The van der Waals surface area contributed by atoms with Gasteiger partial charge in [0.2, 0.25) is 11.8 Å². The Bertz CT molecular complexity index is 741. The summed E-state index contributed by atoms with van der Waals surface area (Å²) in [5.74, 6) is -0.438. The number of amides is 2. The summed E-state index contributed by atoms with van der Waals surface area (Å²) in [5.41, 5.74) is 3.01. The van der Waals surface area contributed by atoms with Crippen LogP contribution in [0.4, 0.5) is 5.69 Å². The number of aryl methyl sites for hydroxylation is 1. The van der Waals surface area contributed by atoms with Crippen molar-refractivity contribution in [2.75, 3.05) is 11.4 Å². The zero-order chi connectivity index (χ0) is 17.1. The van der Waals surface area contributed by atoms with Gasteiger partial charge in [-0.1, -0.05) is 41.4 Å². The Morgan fingerprint density at radius 3 is 2.50 bits per heavy atom. The van der Waals surface area contributed by atoms with Crippen LogP contribution in [-0.4, -0.2) is 18.4 Å². The Morgan fingerprint density at radius 1 is 1.17 bits per heavy atom. The number of nitrogens with zero attached hydrogens (tertiary/aromatic N) is 1. The minimum absolute atomic E-state index is 0.0344. The minimum Gasteiger partial charge on any atom is -0.352 e. The van der Waals surface area contributed by atoms with Gasteiger partial charge < -0.3 is 10.2 Å². The molecule has 0 saturated carbocycles. The second-order valence-corrected chi connectivity index (χ2v) is 6.52. The highest BCUT2D eigenvalue weighted by Gasteiger charge is 2.34. The number of nitrogens with one attached hydrogen (secondary N) is 1. The summed E-state index contributed by atoms with van der Waals surface area (Å²) in [6.07, 6.45) is 0.238. The summed E-state index contributed by atoms with van der Waals surface area (Å²) in [7, 11) is 0. The van der Waals surface area contributed by atoms with Gasteiger partial charge >= 0.3 is 0 Å². The molecule has 1 atom stereocenters. The Morgan fingerprint density at radius 2 is 1.83 bits per heavy atom. The second-order valence-electron chi connectivity index (χ2n) is 6.09. The van der Waals surface area contributed by atoms with Gasteiger partial charge in [0.05, 0.1) is 5.92 Å². The predicted molar refractivity (Wildman–Crippen MR) is 94.9 cm³/mol. The molecule has 124 valence electrons. The van der Waals surface area contributed by atoms with Crippen LogP contribution in [0.5, 0.6) is 0 Å². The molecule has 1 fully saturated rings. The van der Waals surface area contributed by atoms with Crippen molar-refractivity contribution in [1.29, 1.82) is 0 Å². The quantitative estimate of drug-likeness (QED) is 0.926. The molecule has 1 aliphatic heterocycles. The molecule has 2 aromatic carbocycles. The first-order chi connectivity index (χ1) is 11.5. The van der Waals surface area contributed by atoms with E-state index >= 15 is 0 Å². The number of anilines is 1. The summed E-state index contributed by atoms with van der Waals surface area (Å²) in [4.78, 5) is 26.2. The van der Waals surface area contributed by atoms with E-state index in [2.05, 4.69) is 5.32 Å². The number of carbonyl (C=O) groups excluding carboxylic acids is 2. The van der Waals surface area contributed by atoms with E-state index in [1.807, 2.05) is 31.2 Å². The molecule has 4 nitrogen and oxygen atoms in total. The highest BCUT2D eigenvalue weighted by atomic mass is 35.5. The lowest BCUT2D eigenvalue weighted by molar-refractivity contribution is -0.126. The molecule has 24 heavy (non-hydrogen) atoms. The highest BCUT2D eigenvalue weighted by Crippen LogP contribution is 2.26. The molecule has 1 N–H and O–H groups in total. The lowest BCUT2D eigenvalue weighted by Gasteiger charge is -2.16. The maximum Gasteiger partial charge on any atom is 0.227 e. The van der Waals surface area contributed by atoms with Crippen LogP contribution in [0.3, 0.4) is 0 Å². The summed E-state index contributed by atoms with van der Waals surface area (Å²) in [6.45, 7) is 2.91. The normalized spacial score (nSPS) is 17.2. The van der Waals surface area contributed by atoms with Gasteiger partial charge in [0.25, 0.3) is 0 Å². The number of hydrogen-bond acceptors (Lipinski definition) is 2. The highest BCUT2D eigenvalue weighted by molar-refractivity contribution is 6.30. The van der Waals surface area contributed by atoms with Gasteiger partial charge in [-0.2, -0.15) is 0 Å². The van der Waals surface area contributed by atoms with Gasteiger partial charge in [-0.25, -0.2) is 0 Å². The van der Waals surface area contributed by atoms with Crippen LogP contribution in [0.1, 0.15) is 17.5 Å². The largest absolute Gasteiger partial charge is 0.352 e. The molecular weight excluding hydrogens is 324 g/mol. The summed E-state index contributed by atoms with van der Waals surface area (Å²) in [6, 6.07) is 15.1.